The van der Waals surface area contributed by atoms with Gasteiger partial charge in [-0.05, 0) is 19.8 Å². The molecule has 0 amide bonds. The second kappa shape index (κ2) is 5.31. The maximum Gasteiger partial charge on any atom is 0.333 e. The van der Waals surface area contributed by atoms with Crippen molar-refractivity contribution in [2.45, 2.75) is 33.1 Å². The number of rotatable bonds is 6. The summed E-state index contributed by atoms with van der Waals surface area (Å²) in [5.41, 5.74) is 0.730. The van der Waals surface area contributed by atoms with Crippen LogP contribution in [0.1, 0.15) is 33.1 Å². The van der Waals surface area contributed by atoms with Gasteiger partial charge in [-0.3, -0.25) is 0 Å². The number of carbonyl (C=O) groups excluding carboxylic acids is 1. The van der Waals surface area contributed by atoms with Crippen molar-refractivity contribution in [1.29, 1.82) is 0 Å². The molecule has 3 nitrogen and oxygen atoms in total. The van der Waals surface area contributed by atoms with E-state index in [0.29, 0.717) is 12.2 Å². The van der Waals surface area contributed by atoms with Crippen LogP contribution in [-0.4, -0.2) is 25.8 Å². The molecule has 0 N–H and O–H groups in total. The Morgan fingerprint density at radius 1 is 1.47 bits per heavy atom. The Bertz CT molecular complexity index is 241. The lowest BCUT2D eigenvalue weighted by atomic mass is 9.79. The van der Waals surface area contributed by atoms with Crippen LogP contribution in [0.25, 0.3) is 0 Å². The van der Waals surface area contributed by atoms with Gasteiger partial charge in [0.05, 0.1) is 19.8 Å². The fraction of sp³-hybridized carbons (Fsp3) is 0.750. The standard InChI is InChI=1S/C12H20O3/c1-4-5-12(8-14-9-12)6-7-15-11(13)10(2)3/h2,4-9H2,1,3H3. The van der Waals surface area contributed by atoms with Crippen molar-refractivity contribution in [2.75, 3.05) is 19.8 Å². The van der Waals surface area contributed by atoms with Crippen LogP contribution in [-0.2, 0) is 14.3 Å². The minimum Gasteiger partial charge on any atom is -0.462 e. The summed E-state index contributed by atoms with van der Waals surface area (Å²) < 4.78 is 10.3. The molecule has 3 heteroatoms. The summed E-state index contributed by atoms with van der Waals surface area (Å²) in [6, 6.07) is 0. The van der Waals surface area contributed by atoms with Crippen LogP contribution in [0.2, 0.25) is 0 Å². The van der Waals surface area contributed by atoms with E-state index < -0.39 is 0 Å². The highest BCUT2D eigenvalue weighted by Gasteiger charge is 2.37. The van der Waals surface area contributed by atoms with Crippen LogP contribution in [0.3, 0.4) is 0 Å². The monoisotopic (exact) mass is 212 g/mol. The first-order valence-corrected chi connectivity index (χ1v) is 5.50. The second-order valence-corrected chi connectivity index (χ2v) is 4.41. The van der Waals surface area contributed by atoms with Crippen LogP contribution in [0.5, 0.6) is 0 Å². The fourth-order valence-electron chi connectivity index (χ4n) is 1.82. The van der Waals surface area contributed by atoms with E-state index in [-0.39, 0.29) is 11.4 Å². The van der Waals surface area contributed by atoms with E-state index in [1.165, 1.54) is 0 Å². The van der Waals surface area contributed by atoms with Crippen molar-refractivity contribution < 1.29 is 14.3 Å². The Morgan fingerprint density at radius 3 is 2.53 bits per heavy atom. The van der Waals surface area contributed by atoms with Gasteiger partial charge < -0.3 is 9.47 Å². The lowest BCUT2D eigenvalue weighted by Gasteiger charge is -2.41. The third-order valence-electron chi connectivity index (χ3n) is 2.81. The molecule has 0 aromatic carbocycles. The summed E-state index contributed by atoms with van der Waals surface area (Å²) >= 11 is 0. The number of hydrogen-bond donors (Lipinski definition) is 0. The van der Waals surface area contributed by atoms with Gasteiger partial charge in [0.15, 0.2) is 0 Å². The minimum absolute atomic E-state index is 0.268. The van der Waals surface area contributed by atoms with E-state index in [2.05, 4.69) is 13.5 Å². The van der Waals surface area contributed by atoms with Crippen LogP contribution >= 0.6 is 0 Å². The molecule has 1 fully saturated rings. The first kappa shape index (κ1) is 12.2. The highest BCUT2D eigenvalue weighted by molar-refractivity contribution is 5.86. The maximum absolute atomic E-state index is 11.1. The summed E-state index contributed by atoms with van der Waals surface area (Å²) in [6.45, 7) is 9.47. The predicted molar refractivity (Wildman–Crippen MR) is 58.6 cm³/mol. The summed E-state index contributed by atoms with van der Waals surface area (Å²) in [5, 5.41) is 0. The number of esters is 1. The van der Waals surface area contributed by atoms with E-state index in [0.717, 1.165) is 32.5 Å². The zero-order chi connectivity index (χ0) is 11.3. The van der Waals surface area contributed by atoms with Gasteiger partial charge in [-0.1, -0.05) is 19.9 Å². The predicted octanol–water partition coefficient (Wildman–Crippen LogP) is 2.31. The lowest BCUT2D eigenvalue weighted by molar-refractivity contribution is -0.148. The number of hydrogen-bond acceptors (Lipinski definition) is 3. The molecule has 0 bridgehead atoms. The first-order valence-electron chi connectivity index (χ1n) is 5.50. The van der Waals surface area contributed by atoms with Crippen LogP contribution in [0, 0.1) is 5.41 Å². The summed E-state index contributed by atoms with van der Waals surface area (Å²) in [6.07, 6.45) is 3.20. The summed E-state index contributed by atoms with van der Waals surface area (Å²) in [7, 11) is 0. The summed E-state index contributed by atoms with van der Waals surface area (Å²) in [4.78, 5) is 11.1. The van der Waals surface area contributed by atoms with Gasteiger partial charge in [0.2, 0.25) is 0 Å². The Hall–Kier alpha value is -0.830. The van der Waals surface area contributed by atoms with E-state index >= 15 is 0 Å². The topological polar surface area (TPSA) is 35.5 Å². The molecule has 1 aliphatic heterocycles. The van der Waals surface area contributed by atoms with E-state index in [4.69, 9.17) is 9.47 Å². The van der Waals surface area contributed by atoms with Gasteiger partial charge in [0, 0.05) is 11.0 Å². The molecular weight excluding hydrogens is 192 g/mol. The van der Waals surface area contributed by atoms with Crippen LogP contribution in [0.4, 0.5) is 0 Å². The van der Waals surface area contributed by atoms with Crippen molar-refractivity contribution >= 4 is 5.97 Å². The average molecular weight is 212 g/mol. The van der Waals surface area contributed by atoms with Gasteiger partial charge >= 0.3 is 5.97 Å². The van der Waals surface area contributed by atoms with Gasteiger partial charge in [0.1, 0.15) is 0 Å². The molecule has 1 aliphatic rings. The molecule has 0 spiro atoms. The summed E-state index contributed by atoms with van der Waals surface area (Å²) in [5.74, 6) is -0.290. The SMILES string of the molecule is C=C(C)C(=O)OCCC1(CCC)COC1. The molecule has 86 valence electrons. The quantitative estimate of drug-likeness (QED) is 0.500. The molecule has 1 heterocycles. The van der Waals surface area contributed by atoms with Crippen molar-refractivity contribution in [1.82, 2.24) is 0 Å². The maximum atomic E-state index is 11.1. The van der Waals surface area contributed by atoms with Crippen molar-refractivity contribution in [3.8, 4) is 0 Å². The fourth-order valence-corrected chi connectivity index (χ4v) is 1.82. The molecular formula is C12H20O3. The largest absolute Gasteiger partial charge is 0.462 e. The Labute approximate surface area is 91.4 Å². The first-order chi connectivity index (χ1) is 7.09. The average Bonchev–Trinajstić information content (AvgIpc) is 2.13. The second-order valence-electron chi connectivity index (χ2n) is 4.41. The Kier molecular flexibility index (Phi) is 4.33. The number of carbonyl (C=O) groups is 1. The highest BCUT2D eigenvalue weighted by atomic mass is 16.5. The number of ether oxygens (including phenoxy) is 2. The normalized spacial score (nSPS) is 18.0. The third kappa shape index (κ3) is 3.34. The van der Waals surface area contributed by atoms with Gasteiger partial charge in [-0.25, -0.2) is 4.79 Å². The zero-order valence-electron chi connectivity index (χ0n) is 9.67. The van der Waals surface area contributed by atoms with E-state index in [1.807, 2.05) is 0 Å². The van der Waals surface area contributed by atoms with Crippen LogP contribution < -0.4 is 0 Å². The molecule has 0 atom stereocenters. The molecule has 0 aliphatic carbocycles. The van der Waals surface area contributed by atoms with E-state index in [1.54, 1.807) is 6.92 Å². The lowest BCUT2D eigenvalue weighted by Crippen LogP contribution is -2.43. The zero-order valence-corrected chi connectivity index (χ0v) is 9.67. The van der Waals surface area contributed by atoms with Gasteiger partial charge in [-0.15, -0.1) is 0 Å². The van der Waals surface area contributed by atoms with Crippen molar-refractivity contribution in [2.24, 2.45) is 5.41 Å². The van der Waals surface area contributed by atoms with Crippen molar-refractivity contribution in [3.63, 3.8) is 0 Å². The van der Waals surface area contributed by atoms with Gasteiger partial charge in [0.25, 0.3) is 0 Å². The molecule has 1 saturated heterocycles. The smallest absolute Gasteiger partial charge is 0.333 e. The molecule has 1 rings (SSSR count). The minimum atomic E-state index is -0.290. The van der Waals surface area contributed by atoms with Gasteiger partial charge in [-0.2, -0.15) is 0 Å². The molecule has 0 aromatic rings. The molecule has 15 heavy (non-hydrogen) atoms. The van der Waals surface area contributed by atoms with E-state index in [9.17, 15) is 4.79 Å². The highest BCUT2D eigenvalue weighted by Crippen LogP contribution is 2.36. The molecule has 0 aromatic heterocycles. The molecule has 0 unspecified atom stereocenters. The Balaban J connectivity index is 2.23. The molecule has 0 radical (unpaired) electrons. The molecule has 0 saturated carbocycles. The van der Waals surface area contributed by atoms with Crippen molar-refractivity contribution in [3.05, 3.63) is 12.2 Å². The Morgan fingerprint density at radius 2 is 2.13 bits per heavy atom. The van der Waals surface area contributed by atoms with Crippen LogP contribution in [0.15, 0.2) is 12.2 Å². The third-order valence-corrected chi connectivity index (χ3v) is 2.81.